The van der Waals surface area contributed by atoms with Gasteiger partial charge in [0.25, 0.3) is 0 Å². The summed E-state index contributed by atoms with van der Waals surface area (Å²) in [4.78, 5) is 6.90. The van der Waals surface area contributed by atoms with E-state index in [1.54, 1.807) is 6.26 Å². The van der Waals surface area contributed by atoms with Gasteiger partial charge in [0.15, 0.2) is 0 Å². The van der Waals surface area contributed by atoms with Crippen molar-refractivity contribution in [2.45, 2.75) is 32.6 Å². The Morgan fingerprint density at radius 2 is 2.05 bits per heavy atom. The lowest BCUT2D eigenvalue weighted by molar-refractivity contribution is -0.0707. The standard InChI is InChI=1S/C16H19ClN2O2/c1-11-7-19(8-12(2)21-11)9-15-10-20-16(18-15)13-4-3-5-14(17)6-13/h3-6,10-12H,7-9H2,1-2H3/t11-,12-/m0/s1. The van der Waals surface area contributed by atoms with Crippen LogP contribution in [-0.2, 0) is 11.3 Å². The third-order valence-electron chi connectivity index (χ3n) is 3.50. The lowest BCUT2D eigenvalue weighted by Gasteiger charge is -2.34. The maximum Gasteiger partial charge on any atom is 0.226 e. The molecule has 2 heterocycles. The molecule has 1 aromatic carbocycles. The summed E-state index contributed by atoms with van der Waals surface area (Å²) < 4.78 is 11.3. The normalized spacial score (nSPS) is 23.4. The summed E-state index contributed by atoms with van der Waals surface area (Å²) in [6.45, 7) is 6.82. The summed E-state index contributed by atoms with van der Waals surface area (Å²) in [5.41, 5.74) is 1.84. The van der Waals surface area contributed by atoms with Crippen LogP contribution in [0.4, 0.5) is 0 Å². The summed E-state index contributed by atoms with van der Waals surface area (Å²) in [6, 6.07) is 7.54. The van der Waals surface area contributed by atoms with Crippen LogP contribution < -0.4 is 0 Å². The number of hydrogen-bond acceptors (Lipinski definition) is 4. The highest BCUT2D eigenvalue weighted by Crippen LogP contribution is 2.23. The van der Waals surface area contributed by atoms with Crippen molar-refractivity contribution in [2.75, 3.05) is 13.1 Å². The van der Waals surface area contributed by atoms with Gasteiger partial charge in [0.05, 0.1) is 17.9 Å². The molecule has 0 saturated carbocycles. The first-order valence-electron chi connectivity index (χ1n) is 7.18. The second-order valence-electron chi connectivity index (χ2n) is 5.61. The Kier molecular flexibility index (Phi) is 4.29. The molecule has 21 heavy (non-hydrogen) atoms. The van der Waals surface area contributed by atoms with E-state index >= 15 is 0 Å². The van der Waals surface area contributed by atoms with Crippen LogP contribution in [0.25, 0.3) is 11.5 Å². The van der Waals surface area contributed by atoms with Crippen molar-refractivity contribution in [3.63, 3.8) is 0 Å². The van der Waals surface area contributed by atoms with Gasteiger partial charge in [-0.15, -0.1) is 0 Å². The molecule has 1 fully saturated rings. The van der Waals surface area contributed by atoms with Crippen LogP contribution in [0.2, 0.25) is 5.02 Å². The minimum atomic E-state index is 0.257. The highest BCUT2D eigenvalue weighted by molar-refractivity contribution is 6.30. The molecule has 0 aliphatic carbocycles. The van der Waals surface area contributed by atoms with Gasteiger partial charge in [0.1, 0.15) is 6.26 Å². The minimum absolute atomic E-state index is 0.257. The van der Waals surface area contributed by atoms with Crippen LogP contribution in [0.15, 0.2) is 34.9 Å². The highest BCUT2D eigenvalue weighted by Gasteiger charge is 2.23. The molecule has 1 saturated heterocycles. The Morgan fingerprint density at radius 3 is 2.76 bits per heavy atom. The van der Waals surface area contributed by atoms with Crippen LogP contribution in [0.5, 0.6) is 0 Å². The Hall–Kier alpha value is -1.36. The predicted octanol–water partition coefficient (Wildman–Crippen LogP) is 3.60. The fourth-order valence-electron chi connectivity index (χ4n) is 2.78. The number of benzene rings is 1. The molecular formula is C16H19ClN2O2. The molecule has 1 aromatic heterocycles. The van der Waals surface area contributed by atoms with Gasteiger partial charge in [-0.05, 0) is 32.0 Å². The van der Waals surface area contributed by atoms with Crippen molar-refractivity contribution in [1.29, 1.82) is 0 Å². The quantitative estimate of drug-likeness (QED) is 0.868. The molecule has 4 nitrogen and oxygen atoms in total. The molecular weight excluding hydrogens is 288 g/mol. The van der Waals surface area contributed by atoms with E-state index in [-0.39, 0.29) is 12.2 Å². The summed E-state index contributed by atoms with van der Waals surface area (Å²) in [6.07, 6.45) is 2.24. The fourth-order valence-corrected chi connectivity index (χ4v) is 2.97. The van der Waals surface area contributed by atoms with Crippen molar-refractivity contribution < 1.29 is 9.15 Å². The first kappa shape index (κ1) is 14.6. The van der Waals surface area contributed by atoms with Gasteiger partial charge in [-0.25, -0.2) is 4.98 Å². The van der Waals surface area contributed by atoms with Gasteiger partial charge >= 0.3 is 0 Å². The summed E-state index contributed by atoms with van der Waals surface area (Å²) in [5, 5.41) is 0.683. The van der Waals surface area contributed by atoms with Crippen LogP contribution in [0.3, 0.4) is 0 Å². The number of hydrogen-bond donors (Lipinski definition) is 0. The fraction of sp³-hybridized carbons (Fsp3) is 0.438. The Balaban J connectivity index is 1.70. The monoisotopic (exact) mass is 306 g/mol. The average molecular weight is 307 g/mol. The lowest BCUT2D eigenvalue weighted by atomic mass is 10.2. The number of aromatic nitrogens is 1. The summed E-state index contributed by atoms with van der Waals surface area (Å²) in [7, 11) is 0. The second kappa shape index (κ2) is 6.18. The van der Waals surface area contributed by atoms with E-state index in [1.807, 2.05) is 24.3 Å². The Labute approximate surface area is 129 Å². The van der Waals surface area contributed by atoms with E-state index in [0.717, 1.165) is 30.9 Å². The topological polar surface area (TPSA) is 38.5 Å². The average Bonchev–Trinajstić information content (AvgIpc) is 2.86. The van der Waals surface area contributed by atoms with Gasteiger partial charge in [-0.2, -0.15) is 0 Å². The zero-order chi connectivity index (χ0) is 14.8. The smallest absolute Gasteiger partial charge is 0.226 e. The molecule has 2 aromatic rings. The summed E-state index contributed by atoms with van der Waals surface area (Å²) >= 11 is 6.00. The number of oxazole rings is 1. The van der Waals surface area contributed by atoms with E-state index in [2.05, 4.69) is 23.7 Å². The van der Waals surface area contributed by atoms with Gasteiger partial charge in [0.2, 0.25) is 5.89 Å². The van der Waals surface area contributed by atoms with Crippen LogP contribution >= 0.6 is 11.6 Å². The van der Waals surface area contributed by atoms with Gasteiger partial charge in [0, 0.05) is 30.2 Å². The largest absolute Gasteiger partial charge is 0.444 e. The first-order valence-corrected chi connectivity index (χ1v) is 7.56. The van der Waals surface area contributed by atoms with Gasteiger partial charge in [-0.1, -0.05) is 17.7 Å². The molecule has 1 aliphatic heterocycles. The molecule has 0 bridgehead atoms. The van der Waals surface area contributed by atoms with Crippen molar-refractivity contribution in [3.8, 4) is 11.5 Å². The maximum absolute atomic E-state index is 6.00. The number of morpholine rings is 1. The SMILES string of the molecule is C[C@H]1CN(Cc2coc(-c3cccc(Cl)c3)n2)C[C@H](C)O1. The Bertz CT molecular complexity index is 604. The number of rotatable bonds is 3. The van der Waals surface area contributed by atoms with Crippen molar-refractivity contribution in [2.24, 2.45) is 0 Å². The van der Waals surface area contributed by atoms with Crippen molar-refractivity contribution in [1.82, 2.24) is 9.88 Å². The zero-order valence-corrected chi connectivity index (χ0v) is 13.0. The third kappa shape index (κ3) is 3.64. The number of ether oxygens (including phenoxy) is 1. The molecule has 3 rings (SSSR count). The lowest BCUT2D eigenvalue weighted by Crippen LogP contribution is -2.44. The van der Waals surface area contributed by atoms with E-state index in [0.29, 0.717) is 10.9 Å². The molecule has 0 radical (unpaired) electrons. The molecule has 2 atom stereocenters. The second-order valence-corrected chi connectivity index (χ2v) is 6.04. The van der Waals surface area contributed by atoms with Crippen molar-refractivity contribution >= 4 is 11.6 Å². The van der Waals surface area contributed by atoms with E-state index < -0.39 is 0 Å². The van der Waals surface area contributed by atoms with Crippen LogP contribution in [0, 0.1) is 0 Å². The van der Waals surface area contributed by atoms with E-state index in [9.17, 15) is 0 Å². The van der Waals surface area contributed by atoms with Crippen LogP contribution in [0.1, 0.15) is 19.5 Å². The molecule has 0 spiro atoms. The number of halogens is 1. The molecule has 5 heteroatoms. The van der Waals surface area contributed by atoms with Gasteiger partial charge in [-0.3, -0.25) is 4.90 Å². The molecule has 0 amide bonds. The maximum atomic E-state index is 6.00. The number of nitrogens with zero attached hydrogens (tertiary/aromatic N) is 2. The first-order chi connectivity index (χ1) is 10.1. The molecule has 0 N–H and O–H groups in total. The van der Waals surface area contributed by atoms with Gasteiger partial charge < -0.3 is 9.15 Å². The van der Waals surface area contributed by atoms with Crippen LogP contribution in [-0.4, -0.2) is 35.2 Å². The third-order valence-corrected chi connectivity index (χ3v) is 3.74. The molecule has 1 aliphatic rings. The molecule has 0 unspecified atom stereocenters. The Morgan fingerprint density at radius 1 is 1.29 bits per heavy atom. The molecule has 112 valence electrons. The zero-order valence-electron chi connectivity index (χ0n) is 12.3. The minimum Gasteiger partial charge on any atom is -0.444 e. The van der Waals surface area contributed by atoms with E-state index in [4.69, 9.17) is 20.8 Å². The van der Waals surface area contributed by atoms with Crippen molar-refractivity contribution in [3.05, 3.63) is 41.2 Å². The predicted molar refractivity (Wildman–Crippen MR) is 82.2 cm³/mol. The summed E-state index contributed by atoms with van der Waals surface area (Å²) in [5.74, 6) is 0.613. The van der Waals surface area contributed by atoms with E-state index in [1.165, 1.54) is 0 Å². The highest BCUT2D eigenvalue weighted by atomic mass is 35.5.